The van der Waals surface area contributed by atoms with E-state index in [0.717, 1.165) is 67.4 Å². The van der Waals surface area contributed by atoms with Crippen molar-refractivity contribution in [1.82, 2.24) is 9.80 Å². The van der Waals surface area contributed by atoms with Crippen LogP contribution in [0.1, 0.15) is 65.7 Å². The van der Waals surface area contributed by atoms with E-state index < -0.39 is 0 Å². The Labute approximate surface area is 173 Å². The summed E-state index contributed by atoms with van der Waals surface area (Å²) in [6.45, 7) is 9.41. The second kappa shape index (κ2) is 7.92. The zero-order valence-corrected chi connectivity index (χ0v) is 18.1. The van der Waals surface area contributed by atoms with Crippen LogP contribution in [0.25, 0.3) is 0 Å². The quantitative estimate of drug-likeness (QED) is 0.670. The molecule has 6 heteroatoms. The predicted molar refractivity (Wildman–Crippen MR) is 113 cm³/mol. The van der Waals surface area contributed by atoms with Gasteiger partial charge in [-0.25, -0.2) is 4.79 Å². The minimum Gasteiger partial charge on any atom is -0.379 e. The maximum absolute atomic E-state index is 12.6. The summed E-state index contributed by atoms with van der Waals surface area (Å²) < 4.78 is 5.83. The Hall–Kier alpha value is -1.17. The van der Waals surface area contributed by atoms with E-state index in [-0.39, 0.29) is 17.6 Å². The smallest absolute Gasteiger partial charge is 0.348 e. The molecule has 0 unspecified atom stereocenters. The molecule has 2 aliphatic carbocycles. The number of aliphatic imine (C=N–C) groups is 1. The normalized spacial score (nSPS) is 32.5. The zero-order valence-electron chi connectivity index (χ0n) is 17.3. The number of piperidine rings is 1. The van der Waals surface area contributed by atoms with Crippen LogP contribution in [-0.4, -0.2) is 58.9 Å². The third-order valence-corrected chi connectivity index (χ3v) is 7.53. The van der Waals surface area contributed by atoms with Crippen LogP contribution in [0.5, 0.6) is 0 Å². The van der Waals surface area contributed by atoms with Gasteiger partial charge in [-0.15, -0.1) is 0 Å². The number of ether oxygens (including phenoxy) is 1. The number of carbonyl (C=O) groups excluding carboxylic acids is 1. The highest BCUT2D eigenvalue weighted by atomic mass is 35.5. The van der Waals surface area contributed by atoms with E-state index in [1.807, 2.05) is 17.9 Å². The van der Waals surface area contributed by atoms with Crippen LogP contribution in [0.2, 0.25) is 0 Å². The van der Waals surface area contributed by atoms with Crippen molar-refractivity contribution >= 4 is 23.3 Å². The van der Waals surface area contributed by atoms with Gasteiger partial charge >= 0.3 is 6.03 Å². The first kappa shape index (κ1) is 20.1. The molecule has 2 amide bonds. The van der Waals surface area contributed by atoms with Gasteiger partial charge in [0.05, 0.1) is 17.5 Å². The summed E-state index contributed by atoms with van der Waals surface area (Å²) in [5, 5.41) is 0.794. The number of halogens is 1. The number of rotatable bonds is 4. The van der Waals surface area contributed by atoms with E-state index in [0.29, 0.717) is 12.5 Å². The minimum absolute atomic E-state index is 0.109. The lowest BCUT2D eigenvalue weighted by atomic mass is 9.79. The summed E-state index contributed by atoms with van der Waals surface area (Å²) in [6.07, 6.45) is 9.79. The number of fused-ring (bicyclic) bond motifs is 1. The highest BCUT2D eigenvalue weighted by Crippen LogP contribution is 2.39. The van der Waals surface area contributed by atoms with Crippen LogP contribution in [-0.2, 0) is 4.74 Å². The van der Waals surface area contributed by atoms with Crippen LogP contribution >= 0.6 is 11.6 Å². The van der Waals surface area contributed by atoms with Gasteiger partial charge in [0, 0.05) is 42.7 Å². The monoisotopic (exact) mass is 405 g/mol. The number of hydrogen-bond donors (Lipinski definition) is 0. The highest BCUT2D eigenvalue weighted by molar-refractivity contribution is 6.33. The molecule has 0 bridgehead atoms. The molecule has 0 aromatic rings. The van der Waals surface area contributed by atoms with Crippen molar-refractivity contribution < 1.29 is 9.53 Å². The van der Waals surface area contributed by atoms with E-state index in [4.69, 9.17) is 16.3 Å². The second-order valence-electron chi connectivity index (χ2n) is 8.88. The molecule has 28 heavy (non-hydrogen) atoms. The van der Waals surface area contributed by atoms with Gasteiger partial charge in [-0.1, -0.05) is 11.6 Å². The average Bonchev–Trinajstić information content (AvgIpc) is 2.99. The number of urea groups is 1. The molecule has 1 saturated carbocycles. The summed E-state index contributed by atoms with van der Waals surface area (Å²) in [4.78, 5) is 21.5. The third-order valence-electron chi connectivity index (χ3n) is 7.10. The molecule has 2 heterocycles. The lowest BCUT2D eigenvalue weighted by molar-refractivity contribution is -0.0284. The van der Waals surface area contributed by atoms with E-state index in [2.05, 4.69) is 23.7 Å². The summed E-state index contributed by atoms with van der Waals surface area (Å²) in [5.74, 6) is 0. The number of likely N-dealkylation sites (tertiary alicyclic amines) is 1. The number of carbonyl (C=O) groups is 1. The molecular weight excluding hydrogens is 374 g/mol. The fourth-order valence-electron chi connectivity index (χ4n) is 5.27. The van der Waals surface area contributed by atoms with Gasteiger partial charge in [-0.05, 0) is 70.9 Å². The van der Waals surface area contributed by atoms with Crippen molar-refractivity contribution in [3.63, 3.8) is 0 Å². The van der Waals surface area contributed by atoms with Crippen LogP contribution in [0.4, 0.5) is 4.79 Å². The van der Waals surface area contributed by atoms with Gasteiger partial charge < -0.3 is 4.74 Å². The Kier molecular flexibility index (Phi) is 5.69. The van der Waals surface area contributed by atoms with Crippen LogP contribution in [0.15, 0.2) is 27.4 Å². The van der Waals surface area contributed by atoms with Crippen molar-refractivity contribution in [2.75, 3.05) is 19.7 Å². The molecule has 2 fully saturated rings. The molecule has 1 saturated heterocycles. The Morgan fingerprint density at radius 2 is 1.93 bits per heavy atom. The maximum Gasteiger partial charge on any atom is 0.348 e. The maximum atomic E-state index is 12.6. The Balaban J connectivity index is 1.38. The predicted octanol–water partition coefficient (Wildman–Crippen LogP) is 4.87. The van der Waals surface area contributed by atoms with Crippen molar-refractivity contribution in [3.05, 3.63) is 22.4 Å². The Morgan fingerprint density at radius 3 is 2.57 bits per heavy atom. The largest absolute Gasteiger partial charge is 0.379 e. The number of hydrogen-bond acceptors (Lipinski definition) is 3. The molecule has 0 spiro atoms. The molecule has 0 N–H and O–H groups in total. The van der Waals surface area contributed by atoms with Crippen molar-refractivity contribution in [1.29, 1.82) is 0 Å². The first-order chi connectivity index (χ1) is 13.4. The summed E-state index contributed by atoms with van der Waals surface area (Å²) >= 11 is 6.27. The Morgan fingerprint density at radius 1 is 1.25 bits per heavy atom. The van der Waals surface area contributed by atoms with Crippen molar-refractivity contribution in [2.45, 2.75) is 83.4 Å². The van der Waals surface area contributed by atoms with E-state index in [1.165, 1.54) is 12.8 Å². The van der Waals surface area contributed by atoms with Crippen LogP contribution in [0, 0.1) is 0 Å². The van der Waals surface area contributed by atoms with Gasteiger partial charge in [0.2, 0.25) is 0 Å². The summed E-state index contributed by atoms with van der Waals surface area (Å²) in [5.41, 5.74) is 3.14. The minimum atomic E-state index is -0.109. The van der Waals surface area contributed by atoms with Gasteiger partial charge in [0.15, 0.2) is 0 Å². The third kappa shape index (κ3) is 3.69. The van der Waals surface area contributed by atoms with Gasteiger partial charge in [-0.2, -0.15) is 4.99 Å². The number of amides is 2. The molecule has 4 rings (SSSR count). The van der Waals surface area contributed by atoms with E-state index >= 15 is 0 Å². The SMILES string of the molecule is CCOC1CCC(C)(N2CCC(N3C(=O)N=C4CC(Cl)=C(C)C=C43)CC2)CC1. The molecule has 0 aromatic heterocycles. The van der Waals surface area contributed by atoms with Gasteiger partial charge in [0.25, 0.3) is 0 Å². The van der Waals surface area contributed by atoms with Crippen molar-refractivity contribution in [3.8, 4) is 0 Å². The molecule has 154 valence electrons. The molecule has 0 radical (unpaired) electrons. The molecular formula is C22H32ClN3O2. The molecule has 0 atom stereocenters. The topological polar surface area (TPSA) is 45.1 Å². The molecule has 5 nitrogen and oxygen atoms in total. The molecule has 0 aromatic carbocycles. The standard InChI is InChI=1S/C22H32ClN3O2/c1-4-28-17-5-9-22(3,10-6-17)25-11-7-16(8-12-25)26-20-13-15(2)18(23)14-19(20)24-21(26)27/h13,16-17H,4-12,14H2,1-3H3. The molecule has 2 aliphatic heterocycles. The lowest BCUT2D eigenvalue weighted by Crippen LogP contribution is -2.55. The average molecular weight is 406 g/mol. The van der Waals surface area contributed by atoms with Crippen LogP contribution in [0.3, 0.4) is 0 Å². The summed E-state index contributed by atoms with van der Waals surface area (Å²) in [7, 11) is 0. The first-order valence-corrected chi connectivity index (χ1v) is 11.1. The fraction of sp³-hybridized carbons (Fsp3) is 0.727. The highest BCUT2D eigenvalue weighted by Gasteiger charge is 2.42. The Bertz CT molecular complexity index is 726. The lowest BCUT2D eigenvalue weighted by Gasteiger charge is -2.49. The second-order valence-corrected chi connectivity index (χ2v) is 9.33. The van der Waals surface area contributed by atoms with Crippen molar-refractivity contribution in [2.24, 2.45) is 4.99 Å². The summed E-state index contributed by atoms with van der Waals surface area (Å²) in [6, 6.07) is 0.131. The van der Waals surface area contributed by atoms with Gasteiger partial charge in [0.1, 0.15) is 0 Å². The van der Waals surface area contributed by atoms with E-state index in [9.17, 15) is 4.79 Å². The fourth-order valence-corrected chi connectivity index (χ4v) is 5.45. The first-order valence-electron chi connectivity index (χ1n) is 10.8. The number of nitrogens with zero attached hydrogens (tertiary/aromatic N) is 3. The van der Waals surface area contributed by atoms with Crippen LogP contribution < -0.4 is 0 Å². The number of allylic oxidation sites excluding steroid dienone is 4. The van der Waals surface area contributed by atoms with Gasteiger partial charge in [-0.3, -0.25) is 9.80 Å². The van der Waals surface area contributed by atoms with E-state index in [1.54, 1.807) is 0 Å². The molecule has 4 aliphatic rings. The zero-order chi connectivity index (χ0) is 19.9.